The summed E-state index contributed by atoms with van der Waals surface area (Å²) in [5, 5.41) is 0.675. The molecule has 92 valence electrons. The highest BCUT2D eigenvalue weighted by atomic mass is 35.5. The van der Waals surface area contributed by atoms with Gasteiger partial charge in [-0.1, -0.05) is 11.6 Å². The van der Waals surface area contributed by atoms with Crippen LogP contribution in [-0.4, -0.2) is 18.5 Å². The molecule has 1 saturated heterocycles. The Morgan fingerprint density at radius 2 is 1.94 bits per heavy atom. The van der Waals surface area contributed by atoms with E-state index < -0.39 is 5.41 Å². The predicted molar refractivity (Wildman–Crippen MR) is 70.2 cm³/mol. The zero-order chi connectivity index (χ0) is 12.6. The molecular formula is C13H17ClN2O. The van der Waals surface area contributed by atoms with Crippen LogP contribution in [0.2, 0.25) is 5.02 Å². The van der Waals surface area contributed by atoms with Gasteiger partial charge in [0.1, 0.15) is 0 Å². The Morgan fingerprint density at radius 3 is 2.53 bits per heavy atom. The molecule has 0 spiro atoms. The predicted octanol–water partition coefficient (Wildman–Crippen LogP) is 2.43. The fraction of sp³-hybridized carbons (Fsp3) is 0.462. The number of anilines is 1. The number of piperidine rings is 1. The first-order valence-corrected chi connectivity index (χ1v) is 6.14. The molecule has 1 heterocycles. The second-order valence-corrected chi connectivity index (χ2v) is 5.49. The normalized spacial score (nSPS) is 23.9. The van der Waals surface area contributed by atoms with Gasteiger partial charge in [-0.05, 0) is 44.5 Å². The second-order valence-electron chi connectivity index (χ2n) is 5.05. The van der Waals surface area contributed by atoms with E-state index in [0.717, 1.165) is 12.1 Å². The molecule has 4 heteroatoms. The van der Waals surface area contributed by atoms with Gasteiger partial charge in [0.25, 0.3) is 0 Å². The van der Waals surface area contributed by atoms with Gasteiger partial charge in [0.05, 0.1) is 5.41 Å². The molecule has 1 aromatic rings. The largest absolute Gasteiger partial charge is 0.327 e. The van der Waals surface area contributed by atoms with E-state index in [0.29, 0.717) is 11.6 Å². The van der Waals surface area contributed by atoms with Crippen LogP contribution in [-0.2, 0) is 4.79 Å². The van der Waals surface area contributed by atoms with Crippen LogP contribution in [0.3, 0.4) is 0 Å². The Hall–Kier alpha value is -1.06. The average Bonchev–Trinajstić information content (AvgIpc) is 2.29. The molecule has 1 aliphatic rings. The Bertz CT molecular complexity index is 428. The molecule has 1 atom stereocenters. The molecule has 3 nitrogen and oxygen atoms in total. The molecular weight excluding hydrogens is 236 g/mol. The lowest BCUT2D eigenvalue weighted by Gasteiger charge is -2.41. The minimum absolute atomic E-state index is 0.0708. The summed E-state index contributed by atoms with van der Waals surface area (Å²) in [5.41, 5.74) is 6.38. The van der Waals surface area contributed by atoms with Crippen molar-refractivity contribution in [3.8, 4) is 0 Å². The van der Waals surface area contributed by atoms with Crippen molar-refractivity contribution in [1.82, 2.24) is 0 Å². The molecule has 1 amide bonds. The van der Waals surface area contributed by atoms with E-state index in [9.17, 15) is 4.79 Å². The van der Waals surface area contributed by atoms with Crippen LogP contribution in [0.4, 0.5) is 5.69 Å². The maximum Gasteiger partial charge on any atom is 0.234 e. The minimum atomic E-state index is -0.502. The topological polar surface area (TPSA) is 46.3 Å². The first-order chi connectivity index (χ1) is 7.93. The van der Waals surface area contributed by atoms with Crippen molar-refractivity contribution in [1.29, 1.82) is 0 Å². The van der Waals surface area contributed by atoms with Crippen molar-refractivity contribution in [3.63, 3.8) is 0 Å². The summed E-state index contributed by atoms with van der Waals surface area (Å²) >= 11 is 5.84. The summed E-state index contributed by atoms with van der Waals surface area (Å²) in [5.74, 6) is 0.0820. The highest BCUT2D eigenvalue weighted by molar-refractivity contribution is 6.30. The zero-order valence-corrected chi connectivity index (χ0v) is 10.9. The lowest BCUT2D eigenvalue weighted by Crippen LogP contribution is -2.56. The van der Waals surface area contributed by atoms with Crippen LogP contribution in [0.1, 0.15) is 20.3 Å². The summed E-state index contributed by atoms with van der Waals surface area (Å²) in [6, 6.07) is 7.26. The third-order valence-corrected chi connectivity index (χ3v) is 3.78. The van der Waals surface area contributed by atoms with Crippen LogP contribution in [0.25, 0.3) is 0 Å². The van der Waals surface area contributed by atoms with Gasteiger partial charge in [-0.25, -0.2) is 0 Å². The number of amides is 1. The van der Waals surface area contributed by atoms with Gasteiger partial charge in [-0.15, -0.1) is 0 Å². The fourth-order valence-corrected chi connectivity index (χ4v) is 2.23. The van der Waals surface area contributed by atoms with Crippen molar-refractivity contribution in [2.45, 2.75) is 26.3 Å². The molecule has 2 N–H and O–H groups in total. The smallest absolute Gasteiger partial charge is 0.234 e. The molecule has 1 aliphatic heterocycles. The first kappa shape index (κ1) is 12.4. The summed E-state index contributed by atoms with van der Waals surface area (Å²) in [4.78, 5) is 14.1. The lowest BCUT2D eigenvalue weighted by molar-refractivity contribution is -0.129. The fourth-order valence-electron chi connectivity index (χ4n) is 2.10. The van der Waals surface area contributed by atoms with E-state index in [-0.39, 0.29) is 11.9 Å². The zero-order valence-electron chi connectivity index (χ0n) is 10.1. The SMILES string of the molecule is CC1(C)C(=O)N(c2ccc(Cl)cc2)CCC1N. The van der Waals surface area contributed by atoms with Gasteiger partial charge in [-0.2, -0.15) is 0 Å². The molecule has 0 aliphatic carbocycles. The standard InChI is InChI=1S/C13H17ClN2O/c1-13(2)11(15)7-8-16(12(13)17)10-5-3-9(14)4-6-10/h3-6,11H,7-8,15H2,1-2H3. The Morgan fingerprint density at radius 1 is 1.35 bits per heavy atom. The number of nitrogens with two attached hydrogens (primary N) is 1. The molecule has 0 radical (unpaired) electrons. The Labute approximate surface area is 107 Å². The van der Waals surface area contributed by atoms with Gasteiger partial charge in [-0.3, -0.25) is 4.79 Å². The molecule has 0 aromatic heterocycles. The average molecular weight is 253 g/mol. The summed E-state index contributed by atoms with van der Waals surface area (Å²) < 4.78 is 0. The summed E-state index contributed by atoms with van der Waals surface area (Å²) in [7, 11) is 0. The quantitative estimate of drug-likeness (QED) is 0.835. The van der Waals surface area contributed by atoms with E-state index in [1.807, 2.05) is 26.0 Å². The van der Waals surface area contributed by atoms with Gasteiger partial charge >= 0.3 is 0 Å². The van der Waals surface area contributed by atoms with E-state index in [2.05, 4.69) is 0 Å². The van der Waals surface area contributed by atoms with Crippen LogP contribution >= 0.6 is 11.6 Å². The third-order valence-electron chi connectivity index (χ3n) is 3.53. The van der Waals surface area contributed by atoms with Gasteiger partial charge in [0.15, 0.2) is 0 Å². The number of carbonyl (C=O) groups is 1. The number of hydrogen-bond acceptors (Lipinski definition) is 2. The van der Waals surface area contributed by atoms with Crippen molar-refractivity contribution >= 4 is 23.2 Å². The van der Waals surface area contributed by atoms with E-state index in [1.165, 1.54) is 0 Å². The van der Waals surface area contributed by atoms with Gasteiger partial charge in [0.2, 0.25) is 5.91 Å². The minimum Gasteiger partial charge on any atom is -0.327 e. The van der Waals surface area contributed by atoms with Crippen LogP contribution in [0.5, 0.6) is 0 Å². The van der Waals surface area contributed by atoms with Gasteiger partial charge in [0, 0.05) is 23.3 Å². The maximum atomic E-state index is 12.4. The lowest BCUT2D eigenvalue weighted by atomic mass is 9.78. The van der Waals surface area contributed by atoms with Crippen molar-refractivity contribution in [2.24, 2.45) is 11.1 Å². The van der Waals surface area contributed by atoms with Crippen molar-refractivity contribution in [3.05, 3.63) is 29.3 Å². The van der Waals surface area contributed by atoms with Crippen molar-refractivity contribution < 1.29 is 4.79 Å². The third kappa shape index (κ3) is 2.17. The van der Waals surface area contributed by atoms with Gasteiger partial charge < -0.3 is 10.6 Å². The highest BCUT2D eigenvalue weighted by Gasteiger charge is 2.41. The van der Waals surface area contributed by atoms with E-state index in [1.54, 1.807) is 17.0 Å². The summed E-state index contributed by atoms with van der Waals surface area (Å²) in [6.45, 7) is 4.48. The monoisotopic (exact) mass is 252 g/mol. The van der Waals surface area contributed by atoms with E-state index >= 15 is 0 Å². The molecule has 17 heavy (non-hydrogen) atoms. The number of hydrogen-bond donors (Lipinski definition) is 1. The molecule has 1 fully saturated rings. The number of rotatable bonds is 1. The number of benzene rings is 1. The molecule has 0 bridgehead atoms. The molecule has 1 unspecified atom stereocenters. The molecule has 1 aromatic carbocycles. The van der Waals surface area contributed by atoms with E-state index in [4.69, 9.17) is 17.3 Å². The first-order valence-electron chi connectivity index (χ1n) is 5.76. The van der Waals surface area contributed by atoms with Crippen LogP contribution < -0.4 is 10.6 Å². The van der Waals surface area contributed by atoms with Crippen LogP contribution in [0.15, 0.2) is 24.3 Å². The molecule has 2 rings (SSSR count). The maximum absolute atomic E-state index is 12.4. The number of halogens is 1. The Balaban J connectivity index is 2.29. The van der Waals surface area contributed by atoms with Crippen molar-refractivity contribution in [2.75, 3.05) is 11.4 Å². The highest BCUT2D eigenvalue weighted by Crippen LogP contribution is 2.32. The Kier molecular flexibility index (Phi) is 3.15. The number of nitrogens with zero attached hydrogens (tertiary/aromatic N) is 1. The second kappa shape index (κ2) is 4.31. The number of carbonyl (C=O) groups excluding carboxylic acids is 1. The summed E-state index contributed by atoms with van der Waals surface area (Å²) in [6.07, 6.45) is 0.821. The molecule has 0 saturated carbocycles. The van der Waals surface area contributed by atoms with Crippen LogP contribution in [0, 0.1) is 5.41 Å².